The van der Waals surface area contributed by atoms with Crippen molar-refractivity contribution in [1.82, 2.24) is 0 Å². The summed E-state index contributed by atoms with van der Waals surface area (Å²) in [6.07, 6.45) is 2.32. The van der Waals surface area contributed by atoms with Crippen LogP contribution >= 0.6 is 0 Å². The molecule has 1 aromatic carbocycles. The number of phenols is 1. The van der Waals surface area contributed by atoms with Gasteiger partial charge in [0.1, 0.15) is 5.75 Å². The number of benzene rings is 1. The second-order valence-electron chi connectivity index (χ2n) is 8.95. The summed E-state index contributed by atoms with van der Waals surface area (Å²) < 4.78 is 0. The Balaban J connectivity index is 3.48. The van der Waals surface area contributed by atoms with Gasteiger partial charge in [-0.05, 0) is 33.9 Å². The molecule has 0 aliphatic rings. The first-order chi connectivity index (χ1) is 9.78. The minimum atomic E-state index is -0.240. The second-order valence-corrected chi connectivity index (χ2v) is 8.95. The van der Waals surface area contributed by atoms with E-state index in [1.54, 1.807) is 6.21 Å². The zero-order valence-corrected chi connectivity index (χ0v) is 15.3. The number of phenolic OH excluding ortho intramolecular Hbond substituents is 1. The molecule has 0 radical (unpaired) electrons. The fraction of sp³-hybridized carbons (Fsp3) is 0.632. The molecular weight excluding hydrogens is 274 g/mol. The highest BCUT2D eigenvalue weighted by Gasteiger charge is 2.27. The molecule has 2 N–H and O–H groups in total. The lowest BCUT2D eigenvalue weighted by Gasteiger charge is -2.29. The highest BCUT2D eigenvalue weighted by Crippen LogP contribution is 2.40. The Hall–Kier alpha value is -1.51. The van der Waals surface area contributed by atoms with Crippen LogP contribution in [0.2, 0.25) is 0 Å². The van der Waals surface area contributed by atoms with Gasteiger partial charge in [-0.15, -0.1) is 5.16 Å². The van der Waals surface area contributed by atoms with Gasteiger partial charge in [-0.2, -0.15) is 0 Å². The normalized spacial score (nSPS) is 13.8. The SMILES string of the molecule is CC(C)(/C=N/O)Cc1cc(C(C)(C)C)c(O)c(C(C)(C)C)c1. The van der Waals surface area contributed by atoms with Crippen molar-refractivity contribution in [3.63, 3.8) is 0 Å². The molecule has 3 heteroatoms. The predicted molar refractivity (Wildman–Crippen MR) is 93.3 cm³/mol. The molecule has 124 valence electrons. The molecule has 0 aromatic heterocycles. The monoisotopic (exact) mass is 305 g/mol. The van der Waals surface area contributed by atoms with Crippen LogP contribution < -0.4 is 0 Å². The van der Waals surface area contributed by atoms with Gasteiger partial charge in [0.05, 0.1) is 0 Å². The third-order valence-electron chi connectivity index (χ3n) is 3.85. The van der Waals surface area contributed by atoms with E-state index in [2.05, 4.69) is 58.8 Å². The van der Waals surface area contributed by atoms with E-state index in [0.717, 1.165) is 23.1 Å². The number of nitrogens with zero attached hydrogens (tertiary/aromatic N) is 1. The van der Waals surface area contributed by atoms with Crippen molar-refractivity contribution in [2.75, 3.05) is 0 Å². The summed E-state index contributed by atoms with van der Waals surface area (Å²) in [5.41, 5.74) is 2.58. The molecule has 0 aliphatic heterocycles. The lowest BCUT2D eigenvalue weighted by atomic mass is 9.76. The number of aromatic hydroxyl groups is 1. The van der Waals surface area contributed by atoms with Crippen LogP contribution in [0.15, 0.2) is 17.3 Å². The zero-order valence-electron chi connectivity index (χ0n) is 15.3. The lowest BCUT2D eigenvalue weighted by Crippen LogP contribution is -2.21. The van der Waals surface area contributed by atoms with Crippen LogP contribution in [-0.4, -0.2) is 16.5 Å². The minimum Gasteiger partial charge on any atom is -0.507 e. The highest BCUT2D eigenvalue weighted by atomic mass is 16.4. The molecule has 0 unspecified atom stereocenters. The maximum atomic E-state index is 10.7. The van der Waals surface area contributed by atoms with Crippen LogP contribution in [0.3, 0.4) is 0 Å². The Morgan fingerprint density at radius 1 is 0.909 bits per heavy atom. The van der Waals surface area contributed by atoms with E-state index in [1.807, 2.05) is 13.8 Å². The van der Waals surface area contributed by atoms with E-state index in [0.29, 0.717) is 5.75 Å². The zero-order chi connectivity index (χ0) is 17.3. The van der Waals surface area contributed by atoms with Crippen LogP contribution in [0.1, 0.15) is 72.1 Å². The predicted octanol–water partition coefficient (Wildman–Crippen LogP) is 5.02. The third-order valence-corrected chi connectivity index (χ3v) is 3.85. The second kappa shape index (κ2) is 5.94. The summed E-state index contributed by atoms with van der Waals surface area (Å²) in [7, 11) is 0. The largest absolute Gasteiger partial charge is 0.507 e. The first-order valence-electron chi connectivity index (χ1n) is 7.83. The van der Waals surface area contributed by atoms with Gasteiger partial charge < -0.3 is 10.3 Å². The first kappa shape index (κ1) is 18.5. The van der Waals surface area contributed by atoms with Gasteiger partial charge in [0.2, 0.25) is 0 Å². The van der Waals surface area contributed by atoms with Crippen LogP contribution in [0, 0.1) is 5.41 Å². The van der Waals surface area contributed by atoms with Crippen molar-refractivity contribution in [1.29, 1.82) is 0 Å². The van der Waals surface area contributed by atoms with Crippen LogP contribution in [0.5, 0.6) is 5.75 Å². The van der Waals surface area contributed by atoms with E-state index >= 15 is 0 Å². The quantitative estimate of drug-likeness (QED) is 0.468. The molecule has 0 bridgehead atoms. The van der Waals surface area contributed by atoms with E-state index in [-0.39, 0.29) is 16.2 Å². The van der Waals surface area contributed by atoms with Gasteiger partial charge in [0, 0.05) is 11.6 Å². The summed E-state index contributed by atoms with van der Waals surface area (Å²) in [4.78, 5) is 0. The van der Waals surface area contributed by atoms with E-state index in [9.17, 15) is 5.11 Å². The Morgan fingerprint density at radius 2 is 1.32 bits per heavy atom. The molecule has 0 saturated carbocycles. The summed E-state index contributed by atoms with van der Waals surface area (Å²) in [6, 6.07) is 4.16. The molecule has 0 atom stereocenters. The molecule has 1 aromatic rings. The third kappa shape index (κ3) is 4.49. The number of hydrogen-bond donors (Lipinski definition) is 2. The van der Waals surface area contributed by atoms with Crippen molar-refractivity contribution in [3.8, 4) is 5.75 Å². The molecule has 1 rings (SSSR count). The van der Waals surface area contributed by atoms with Crippen molar-refractivity contribution in [2.24, 2.45) is 10.6 Å². The summed E-state index contributed by atoms with van der Waals surface area (Å²) in [5, 5.41) is 22.7. The summed E-state index contributed by atoms with van der Waals surface area (Å²) in [6.45, 7) is 16.7. The standard InChI is InChI=1S/C19H31NO2/c1-17(2,3)14-9-13(11-19(7,8)12-20-22)10-15(16(14)21)18(4,5)6/h9-10,12,21-22H,11H2,1-8H3/b20-12+. The van der Waals surface area contributed by atoms with Gasteiger partial charge in [-0.3, -0.25) is 0 Å². The maximum absolute atomic E-state index is 10.7. The van der Waals surface area contributed by atoms with Gasteiger partial charge in [-0.1, -0.05) is 67.5 Å². The van der Waals surface area contributed by atoms with Crippen molar-refractivity contribution < 1.29 is 10.3 Å². The summed E-state index contributed by atoms with van der Waals surface area (Å²) in [5.74, 6) is 0.400. The Kier molecular flexibility index (Phi) is 5.01. The molecule has 3 nitrogen and oxygen atoms in total. The van der Waals surface area contributed by atoms with E-state index in [1.165, 1.54) is 0 Å². The van der Waals surface area contributed by atoms with Crippen molar-refractivity contribution in [2.45, 2.75) is 72.6 Å². The van der Waals surface area contributed by atoms with Crippen LogP contribution in [0.4, 0.5) is 0 Å². The van der Waals surface area contributed by atoms with Gasteiger partial charge >= 0.3 is 0 Å². The Morgan fingerprint density at radius 3 is 1.64 bits per heavy atom. The molecule has 0 heterocycles. The highest BCUT2D eigenvalue weighted by molar-refractivity contribution is 5.64. The van der Waals surface area contributed by atoms with E-state index < -0.39 is 0 Å². The molecule has 0 amide bonds. The van der Waals surface area contributed by atoms with Gasteiger partial charge in [0.15, 0.2) is 0 Å². The van der Waals surface area contributed by atoms with Crippen LogP contribution in [-0.2, 0) is 17.3 Å². The van der Waals surface area contributed by atoms with E-state index in [4.69, 9.17) is 5.21 Å². The van der Waals surface area contributed by atoms with Gasteiger partial charge in [0.25, 0.3) is 0 Å². The lowest BCUT2D eigenvalue weighted by molar-refractivity contribution is 0.313. The number of oxime groups is 1. The molecular formula is C19H31NO2. The van der Waals surface area contributed by atoms with Crippen LogP contribution in [0.25, 0.3) is 0 Å². The topological polar surface area (TPSA) is 52.8 Å². The molecule has 22 heavy (non-hydrogen) atoms. The fourth-order valence-corrected chi connectivity index (χ4v) is 2.67. The number of rotatable bonds is 3. The average Bonchev–Trinajstić information content (AvgIpc) is 2.27. The molecule has 0 saturated heterocycles. The Bertz CT molecular complexity index is 523. The first-order valence-corrected chi connectivity index (χ1v) is 7.83. The Labute approximate surface area is 135 Å². The minimum absolute atomic E-state index is 0.130. The smallest absolute Gasteiger partial charge is 0.123 e. The summed E-state index contributed by atoms with van der Waals surface area (Å²) >= 11 is 0. The fourth-order valence-electron chi connectivity index (χ4n) is 2.67. The average molecular weight is 305 g/mol. The van der Waals surface area contributed by atoms with Crippen molar-refractivity contribution in [3.05, 3.63) is 28.8 Å². The van der Waals surface area contributed by atoms with Crippen molar-refractivity contribution >= 4 is 6.21 Å². The number of hydrogen-bond acceptors (Lipinski definition) is 3. The maximum Gasteiger partial charge on any atom is 0.123 e. The molecule has 0 spiro atoms. The van der Waals surface area contributed by atoms with Gasteiger partial charge in [-0.25, -0.2) is 0 Å². The molecule has 0 fully saturated rings. The molecule has 0 aliphatic carbocycles.